The van der Waals surface area contributed by atoms with E-state index in [0.717, 1.165) is 0 Å². The van der Waals surface area contributed by atoms with Gasteiger partial charge in [0, 0.05) is 11.8 Å². The lowest BCUT2D eigenvalue weighted by Gasteiger charge is -2.17. The molecule has 0 saturated carbocycles. The third kappa shape index (κ3) is 3.46. The molecule has 0 bridgehead atoms. The molecule has 1 aromatic heterocycles. The van der Waals surface area contributed by atoms with Crippen LogP contribution >= 0.6 is 11.6 Å². The second-order valence-corrected chi connectivity index (χ2v) is 3.63. The van der Waals surface area contributed by atoms with E-state index >= 15 is 0 Å². The zero-order valence-corrected chi connectivity index (χ0v) is 9.65. The van der Waals surface area contributed by atoms with Crippen LogP contribution in [0.3, 0.4) is 0 Å². The van der Waals surface area contributed by atoms with Gasteiger partial charge in [-0.05, 0) is 13.0 Å². The zero-order valence-electron chi connectivity index (χ0n) is 8.89. The molecule has 0 aromatic carbocycles. The number of hydrogen-bond donors (Lipinski definition) is 0. The summed E-state index contributed by atoms with van der Waals surface area (Å²) in [6.45, 7) is 0.192. The van der Waals surface area contributed by atoms with Crippen LogP contribution < -0.4 is 4.74 Å². The van der Waals surface area contributed by atoms with Crippen molar-refractivity contribution in [1.29, 1.82) is 0 Å². The molecular formula is C10H10ClF4NO. The first-order valence-corrected chi connectivity index (χ1v) is 5.21. The van der Waals surface area contributed by atoms with Crippen LogP contribution in [0.2, 0.25) is 0 Å². The van der Waals surface area contributed by atoms with Gasteiger partial charge in [0.25, 0.3) is 0 Å². The quantitative estimate of drug-likeness (QED) is 0.605. The van der Waals surface area contributed by atoms with E-state index in [9.17, 15) is 17.6 Å². The summed E-state index contributed by atoms with van der Waals surface area (Å²) < 4.78 is 53.7. The number of nitrogens with zero attached hydrogens (tertiary/aromatic N) is 1. The predicted octanol–water partition coefficient (Wildman–Crippen LogP) is 3.41. The molecule has 0 fully saturated rings. The second kappa shape index (κ2) is 5.53. The van der Waals surface area contributed by atoms with E-state index in [1.165, 1.54) is 12.3 Å². The van der Waals surface area contributed by atoms with E-state index in [1.54, 1.807) is 6.92 Å². The van der Waals surface area contributed by atoms with Crippen LogP contribution in [0.1, 0.15) is 11.3 Å². The van der Waals surface area contributed by atoms with Crippen LogP contribution in [0.5, 0.6) is 5.75 Å². The Kier molecular flexibility index (Phi) is 4.56. The van der Waals surface area contributed by atoms with E-state index in [-0.39, 0.29) is 11.6 Å². The Balaban J connectivity index is 2.76. The number of halogens is 5. The molecule has 17 heavy (non-hydrogen) atoms. The van der Waals surface area contributed by atoms with E-state index in [1.807, 2.05) is 0 Å². The third-order valence-corrected chi connectivity index (χ3v) is 2.38. The van der Waals surface area contributed by atoms with Crippen LogP contribution in [0.15, 0.2) is 12.3 Å². The molecule has 1 rings (SSSR count). The summed E-state index contributed by atoms with van der Waals surface area (Å²) in [6.07, 6.45) is -2.43. The molecule has 0 spiro atoms. The van der Waals surface area contributed by atoms with E-state index in [2.05, 4.69) is 9.72 Å². The molecular weight excluding hydrogens is 262 g/mol. The van der Waals surface area contributed by atoms with Crippen molar-refractivity contribution >= 4 is 11.6 Å². The Morgan fingerprint density at radius 1 is 1.47 bits per heavy atom. The number of aromatic nitrogens is 1. The van der Waals surface area contributed by atoms with E-state index in [0.29, 0.717) is 11.3 Å². The molecule has 0 saturated heterocycles. The summed E-state index contributed by atoms with van der Waals surface area (Å²) in [7, 11) is 0. The lowest BCUT2D eigenvalue weighted by molar-refractivity contribution is -0.148. The maximum absolute atomic E-state index is 12.6. The van der Waals surface area contributed by atoms with Crippen LogP contribution in [-0.2, 0) is 5.88 Å². The average molecular weight is 272 g/mol. The van der Waals surface area contributed by atoms with Gasteiger partial charge >= 0.3 is 12.3 Å². The number of alkyl halides is 5. The highest BCUT2D eigenvalue weighted by atomic mass is 35.5. The smallest absolute Gasteiger partial charge is 0.340 e. The summed E-state index contributed by atoms with van der Waals surface area (Å²) >= 11 is 5.56. The van der Waals surface area contributed by atoms with Gasteiger partial charge in [-0.25, -0.2) is 8.78 Å². The van der Waals surface area contributed by atoms with Crippen LogP contribution in [-0.4, -0.2) is 23.9 Å². The Morgan fingerprint density at radius 3 is 2.65 bits per heavy atom. The molecule has 0 atom stereocenters. The molecule has 2 nitrogen and oxygen atoms in total. The first kappa shape index (κ1) is 14.0. The Hall–Kier alpha value is -1.04. The fraction of sp³-hybridized carbons (Fsp3) is 0.500. The molecule has 0 unspecified atom stereocenters. The third-order valence-electron chi connectivity index (χ3n) is 2.12. The normalized spacial score (nSPS) is 11.9. The van der Waals surface area contributed by atoms with Crippen LogP contribution in [0.25, 0.3) is 0 Å². The summed E-state index contributed by atoms with van der Waals surface area (Å²) in [5.74, 6) is -4.00. The van der Waals surface area contributed by atoms with E-state index in [4.69, 9.17) is 11.6 Å². The first-order valence-electron chi connectivity index (χ1n) is 4.67. The minimum absolute atomic E-state index is 0.0796. The minimum Gasteiger partial charge on any atom is -0.487 e. The highest BCUT2D eigenvalue weighted by Crippen LogP contribution is 2.26. The average Bonchev–Trinajstić information content (AvgIpc) is 2.27. The van der Waals surface area contributed by atoms with Gasteiger partial charge in [-0.1, -0.05) is 0 Å². The minimum atomic E-state index is -4.17. The van der Waals surface area contributed by atoms with Gasteiger partial charge in [0.15, 0.2) is 6.61 Å². The van der Waals surface area contributed by atoms with Crippen molar-refractivity contribution in [1.82, 2.24) is 4.98 Å². The highest BCUT2D eigenvalue weighted by Gasteiger charge is 2.41. The van der Waals surface area contributed by atoms with Gasteiger partial charge in [-0.2, -0.15) is 8.78 Å². The van der Waals surface area contributed by atoms with Crippen molar-refractivity contribution in [3.8, 4) is 5.75 Å². The summed E-state index contributed by atoms with van der Waals surface area (Å²) in [5, 5.41) is 0. The fourth-order valence-electron chi connectivity index (χ4n) is 1.09. The zero-order chi connectivity index (χ0) is 13.1. The van der Waals surface area contributed by atoms with E-state index < -0.39 is 19.0 Å². The van der Waals surface area contributed by atoms with Crippen LogP contribution in [0, 0.1) is 6.92 Å². The van der Waals surface area contributed by atoms with Crippen molar-refractivity contribution in [3.63, 3.8) is 0 Å². The molecule has 0 aliphatic heterocycles. The van der Waals surface area contributed by atoms with Gasteiger partial charge in [-0.15, -0.1) is 11.6 Å². The monoisotopic (exact) mass is 271 g/mol. The topological polar surface area (TPSA) is 22.1 Å². The highest BCUT2D eigenvalue weighted by molar-refractivity contribution is 6.17. The summed E-state index contributed by atoms with van der Waals surface area (Å²) in [5.41, 5.74) is 0.928. The van der Waals surface area contributed by atoms with Gasteiger partial charge in [-0.3, -0.25) is 4.98 Å². The summed E-state index contributed by atoms with van der Waals surface area (Å²) in [6, 6.07) is 1.33. The molecule has 7 heteroatoms. The predicted molar refractivity (Wildman–Crippen MR) is 55.0 cm³/mol. The van der Waals surface area contributed by atoms with Crippen molar-refractivity contribution in [3.05, 3.63) is 23.5 Å². The standard InChI is InChI=1S/C10H10ClF4NO/c1-6-7(4-11)16-3-2-8(6)17-5-10(14,15)9(12)13/h2-3,9H,4-5H2,1H3. The molecule has 0 radical (unpaired) electrons. The van der Waals surface area contributed by atoms with Gasteiger partial charge in [0.2, 0.25) is 0 Å². The SMILES string of the molecule is Cc1c(OCC(F)(F)C(F)F)ccnc1CCl. The lowest BCUT2D eigenvalue weighted by Crippen LogP contribution is -2.33. The number of hydrogen-bond acceptors (Lipinski definition) is 2. The Morgan fingerprint density at radius 2 is 2.12 bits per heavy atom. The maximum Gasteiger partial charge on any atom is 0.340 e. The molecule has 0 aliphatic carbocycles. The van der Waals surface area contributed by atoms with Crippen LogP contribution in [0.4, 0.5) is 17.6 Å². The maximum atomic E-state index is 12.6. The fourth-order valence-corrected chi connectivity index (χ4v) is 1.36. The Labute approximate surface area is 101 Å². The van der Waals surface area contributed by atoms with Crippen molar-refractivity contribution in [2.75, 3.05) is 6.61 Å². The first-order chi connectivity index (χ1) is 7.88. The van der Waals surface area contributed by atoms with Gasteiger partial charge in [0.05, 0.1) is 11.6 Å². The lowest BCUT2D eigenvalue weighted by atomic mass is 10.2. The number of pyridine rings is 1. The molecule has 1 heterocycles. The Bertz CT molecular complexity index is 387. The second-order valence-electron chi connectivity index (χ2n) is 3.36. The largest absolute Gasteiger partial charge is 0.487 e. The molecule has 0 aliphatic rings. The van der Waals surface area contributed by atoms with Gasteiger partial charge in [0.1, 0.15) is 5.75 Å². The van der Waals surface area contributed by atoms with Gasteiger partial charge < -0.3 is 4.74 Å². The summed E-state index contributed by atoms with van der Waals surface area (Å²) in [4.78, 5) is 3.89. The molecule has 1 aromatic rings. The molecule has 0 N–H and O–H groups in total. The van der Waals surface area contributed by atoms with Crippen molar-refractivity contribution in [2.24, 2.45) is 0 Å². The van der Waals surface area contributed by atoms with Crippen molar-refractivity contribution in [2.45, 2.75) is 25.2 Å². The molecule has 0 amide bonds. The number of rotatable bonds is 5. The van der Waals surface area contributed by atoms with Crippen molar-refractivity contribution < 1.29 is 22.3 Å². The molecule has 96 valence electrons. The number of ether oxygens (including phenoxy) is 1.